The Balaban J connectivity index is 2.97. The van der Waals surface area contributed by atoms with Crippen molar-refractivity contribution in [1.82, 2.24) is 15.1 Å². The highest BCUT2D eigenvalue weighted by atomic mass is 35.5. The van der Waals surface area contributed by atoms with Crippen LogP contribution in [-0.2, 0) is 20.5 Å². The summed E-state index contributed by atoms with van der Waals surface area (Å²) in [6.45, 7) is 5.95. The van der Waals surface area contributed by atoms with E-state index in [0.717, 1.165) is 10.8 Å². The predicted molar refractivity (Wildman–Crippen MR) is 80.2 cm³/mol. The lowest BCUT2D eigenvalue weighted by Gasteiger charge is -2.14. The minimum absolute atomic E-state index is 0.0127. The fourth-order valence-corrected chi connectivity index (χ4v) is 2.09. The number of ether oxygens (including phenoxy) is 1. The molecular weight excluding hydrogens is 351 g/mol. The molecule has 24 heavy (non-hydrogen) atoms. The molecule has 0 aliphatic heterocycles. The molecule has 0 saturated heterocycles. The standard InChI is InChI=1S/C14H17ClF3N3O3/c1-5-24-10(22)6-7(2)19-13(23)9(4)21-8(3)11(15)12(20-21)14(16,17)18/h6,9H,5H2,1-4H3,(H,19,23)/b7-6+. The van der Waals surface area contributed by atoms with Gasteiger partial charge in [0.15, 0.2) is 5.69 Å². The van der Waals surface area contributed by atoms with Gasteiger partial charge in [-0.25, -0.2) is 4.79 Å². The maximum absolute atomic E-state index is 12.8. The van der Waals surface area contributed by atoms with Crippen molar-refractivity contribution in [3.8, 4) is 0 Å². The third-order valence-electron chi connectivity index (χ3n) is 3.03. The maximum Gasteiger partial charge on any atom is 0.436 e. The van der Waals surface area contributed by atoms with Crippen molar-refractivity contribution in [2.45, 2.75) is 39.9 Å². The van der Waals surface area contributed by atoms with Crippen molar-refractivity contribution < 1.29 is 27.5 Å². The predicted octanol–water partition coefficient (Wildman–Crippen LogP) is 3.01. The van der Waals surface area contributed by atoms with E-state index in [1.165, 1.54) is 20.8 Å². The van der Waals surface area contributed by atoms with E-state index >= 15 is 0 Å². The highest BCUT2D eigenvalue weighted by molar-refractivity contribution is 6.32. The highest BCUT2D eigenvalue weighted by Crippen LogP contribution is 2.36. The molecule has 0 aromatic carbocycles. The lowest BCUT2D eigenvalue weighted by molar-refractivity contribution is -0.142. The lowest BCUT2D eigenvalue weighted by Crippen LogP contribution is -2.31. The molecule has 0 saturated carbocycles. The Labute approximate surface area is 141 Å². The van der Waals surface area contributed by atoms with E-state index in [2.05, 4.69) is 15.2 Å². The normalized spacial score (nSPS) is 13.6. The van der Waals surface area contributed by atoms with Gasteiger partial charge in [0.25, 0.3) is 0 Å². The summed E-state index contributed by atoms with van der Waals surface area (Å²) in [7, 11) is 0. The lowest BCUT2D eigenvalue weighted by atomic mass is 10.3. The summed E-state index contributed by atoms with van der Waals surface area (Å²) in [6, 6.07) is -1.07. The number of aromatic nitrogens is 2. The fraction of sp³-hybridized carbons (Fsp3) is 0.500. The minimum atomic E-state index is -4.72. The summed E-state index contributed by atoms with van der Waals surface area (Å²) >= 11 is 5.65. The number of carbonyl (C=O) groups excluding carboxylic acids is 2. The molecule has 0 fully saturated rings. The molecule has 134 valence electrons. The van der Waals surface area contributed by atoms with E-state index in [1.54, 1.807) is 6.92 Å². The van der Waals surface area contributed by atoms with Crippen LogP contribution < -0.4 is 5.32 Å². The second kappa shape index (κ2) is 7.69. The highest BCUT2D eigenvalue weighted by Gasteiger charge is 2.39. The number of hydrogen-bond acceptors (Lipinski definition) is 4. The van der Waals surface area contributed by atoms with E-state index in [1.807, 2.05) is 0 Å². The van der Waals surface area contributed by atoms with E-state index in [4.69, 9.17) is 11.6 Å². The number of hydrogen-bond donors (Lipinski definition) is 1. The molecule has 1 rings (SSSR count). The Bertz CT molecular complexity index is 668. The average Bonchev–Trinajstić information content (AvgIpc) is 2.74. The fourth-order valence-electron chi connectivity index (χ4n) is 1.86. The molecule has 0 spiro atoms. The number of alkyl halides is 3. The summed E-state index contributed by atoms with van der Waals surface area (Å²) in [5.41, 5.74) is -1.05. The van der Waals surface area contributed by atoms with Gasteiger partial charge >= 0.3 is 12.1 Å². The van der Waals surface area contributed by atoms with Crippen LogP contribution >= 0.6 is 11.6 Å². The Morgan fingerprint density at radius 1 is 1.46 bits per heavy atom. The summed E-state index contributed by atoms with van der Waals surface area (Å²) in [5.74, 6) is -1.29. The van der Waals surface area contributed by atoms with Crippen molar-refractivity contribution in [2.75, 3.05) is 6.61 Å². The topological polar surface area (TPSA) is 73.2 Å². The number of amides is 1. The Morgan fingerprint density at radius 3 is 2.50 bits per heavy atom. The molecule has 0 bridgehead atoms. The van der Waals surface area contributed by atoms with Crippen LogP contribution in [0.25, 0.3) is 0 Å². The van der Waals surface area contributed by atoms with Crippen LogP contribution in [0.1, 0.15) is 38.2 Å². The van der Waals surface area contributed by atoms with Gasteiger partial charge in [0.2, 0.25) is 5.91 Å². The summed E-state index contributed by atoms with van der Waals surface area (Å²) in [5, 5.41) is 5.23. The number of halogens is 4. The van der Waals surface area contributed by atoms with Gasteiger partial charge in [0.1, 0.15) is 6.04 Å². The van der Waals surface area contributed by atoms with Crippen LogP contribution in [0.15, 0.2) is 11.8 Å². The average molecular weight is 368 g/mol. The minimum Gasteiger partial charge on any atom is -0.463 e. The Hall–Kier alpha value is -2.03. The number of nitrogens with zero attached hydrogens (tertiary/aromatic N) is 2. The second-order valence-corrected chi connectivity index (χ2v) is 5.31. The zero-order valence-electron chi connectivity index (χ0n) is 13.5. The molecule has 0 radical (unpaired) electrons. The van der Waals surface area contributed by atoms with Crippen LogP contribution in [0.5, 0.6) is 0 Å². The summed E-state index contributed by atoms with van der Waals surface area (Å²) in [6.07, 6.45) is -3.65. The zero-order valence-corrected chi connectivity index (χ0v) is 14.2. The molecule has 1 aromatic rings. The largest absolute Gasteiger partial charge is 0.463 e. The zero-order chi connectivity index (χ0) is 18.7. The van der Waals surface area contributed by atoms with Gasteiger partial charge in [0, 0.05) is 11.8 Å². The molecule has 0 aliphatic carbocycles. The quantitative estimate of drug-likeness (QED) is 0.641. The monoisotopic (exact) mass is 367 g/mol. The van der Waals surface area contributed by atoms with Crippen LogP contribution in [0.2, 0.25) is 5.02 Å². The number of nitrogens with one attached hydrogen (secondary N) is 1. The second-order valence-electron chi connectivity index (χ2n) is 4.93. The van der Waals surface area contributed by atoms with E-state index in [-0.39, 0.29) is 18.0 Å². The van der Waals surface area contributed by atoms with Gasteiger partial charge < -0.3 is 10.1 Å². The smallest absolute Gasteiger partial charge is 0.436 e. The number of allylic oxidation sites excluding steroid dienone is 1. The molecule has 10 heteroatoms. The summed E-state index contributed by atoms with van der Waals surface area (Å²) < 4.78 is 44.0. The first-order valence-electron chi connectivity index (χ1n) is 6.96. The molecular formula is C14H17ClF3N3O3. The molecule has 1 heterocycles. The summed E-state index contributed by atoms with van der Waals surface area (Å²) in [4.78, 5) is 23.4. The molecule has 1 unspecified atom stereocenters. The van der Waals surface area contributed by atoms with Crippen molar-refractivity contribution in [3.05, 3.63) is 28.2 Å². The number of rotatable bonds is 5. The van der Waals surface area contributed by atoms with Gasteiger partial charge in [-0.2, -0.15) is 18.3 Å². The first-order valence-corrected chi connectivity index (χ1v) is 7.34. The Morgan fingerprint density at radius 2 is 2.04 bits per heavy atom. The SMILES string of the molecule is CCOC(=O)/C=C(\C)NC(=O)C(C)n1nc(C(F)(F)F)c(Cl)c1C. The van der Waals surface area contributed by atoms with E-state index < -0.39 is 34.8 Å². The molecule has 0 aliphatic rings. The molecule has 1 N–H and O–H groups in total. The van der Waals surface area contributed by atoms with Crippen molar-refractivity contribution in [3.63, 3.8) is 0 Å². The molecule has 6 nitrogen and oxygen atoms in total. The van der Waals surface area contributed by atoms with E-state index in [0.29, 0.717) is 0 Å². The first kappa shape index (κ1) is 20.0. The van der Waals surface area contributed by atoms with Gasteiger partial charge in [-0.1, -0.05) is 11.6 Å². The molecule has 1 amide bonds. The van der Waals surface area contributed by atoms with Crippen LogP contribution in [0, 0.1) is 6.92 Å². The van der Waals surface area contributed by atoms with Crippen molar-refractivity contribution in [2.24, 2.45) is 0 Å². The number of carbonyl (C=O) groups is 2. The van der Waals surface area contributed by atoms with Gasteiger partial charge in [0.05, 0.1) is 17.3 Å². The third-order valence-corrected chi connectivity index (χ3v) is 3.49. The van der Waals surface area contributed by atoms with Crippen molar-refractivity contribution >= 4 is 23.5 Å². The van der Waals surface area contributed by atoms with E-state index in [9.17, 15) is 22.8 Å². The Kier molecular flexibility index (Phi) is 6.42. The number of esters is 1. The van der Waals surface area contributed by atoms with Crippen LogP contribution in [0.3, 0.4) is 0 Å². The van der Waals surface area contributed by atoms with Gasteiger partial charge in [-0.15, -0.1) is 0 Å². The van der Waals surface area contributed by atoms with Crippen LogP contribution in [-0.4, -0.2) is 28.3 Å². The first-order chi connectivity index (χ1) is 11.0. The van der Waals surface area contributed by atoms with Crippen molar-refractivity contribution in [1.29, 1.82) is 0 Å². The van der Waals surface area contributed by atoms with Gasteiger partial charge in [-0.05, 0) is 27.7 Å². The van der Waals surface area contributed by atoms with Gasteiger partial charge in [-0.3, -0.25) is 9.48 Å². The molecule has 1 aromatic heterocycles. The maximum atomic E-state index is 12.8. The van der Waals surface area contributed by atoms with Crippen LogP contribution in [0.4, 0.5) is 13.2 Å². The third kappa shape index (κ3) is 4.73. The molecule has 1 atom stereocenters.